The molecule has 0 atom stereocenters. The van der Waals surface area contributed by atoms with E-state index in [2.05, 4.69) is 28.0 Å². The molecular formula is C7H12N3NaO2S. The zero-order valence-electron chi connectivity index (χ0n) is 7.44. The van der Waals surface area contributed by atoms with Crippen LogP contribution < -0.4 is 0 Å². The van der Waals surface area contributed by atoms with E-state index in [-0.39, 0.29) is 48.1 Å². The second-order valence-corrected chi connectivity index (χ2v) is 3.27. The Morgan fingerprint density at radius 3 is 2.71 bits per heavy atom. The van der Waals surface area contributed by atoms with Crippen LogP contribution in [0.5, 0.6) is 0 Å². The number of carbonyl (C=O) groups is 1. The van der Waals surface area contributed by atoms with Crippen molar-refractivity contribution in [1.82, 2.24) is 15.4 Å². The molecule has 0 aliphatic heterocycles. The number of aromatic amines is 1. The van der Waals surface area contributed by atoms with Gasteiger partial charge in [-0.05, 0) is 13.8 Å². The molecule has 0 aliphatic rings. The molecule has 0 saturated carbocycles. The van der Waals surface area contributed by atoms with Crippen LogP contribution in [-0.4, -0.2) is 57.0 Å². The molecule has 7 heteroatoms. The van der Waals surface area contributed by atoms with E-state index in [9.17, 15) is 4.79 Å². The van der Waals surface area contributed by atoms with Gasteiger partial charge in [0.2, 0.25) is 0 Å². The van der Waals surface area contributed by atoms with Crippen LogP contribution in [0.25, 0.3) is 0 Å². The molecule has 74 valence electrons. The minimum absolute atomic E-state index is 0. The van der Waals surface area contributed by atoms with Gasteiger partial charge >= 0.3 is 35.5 Å². The summed E-state index contributed by atoms with van der Waals surface area (Å²) in [6.07, 6.45) is -0.00387. The van der Waals surface area contributed by atoms with Crippen molar-refractivity contribution < 1.29 is 9.53 Å². The second kappa shape index (κ2) is 6.44. The molecule has 1 aromatic rings. The van der Waals surface area contributed by atoms with E-state index in [1.54, 1.807) is 13.8 Å². The summed E-state index contributed by atoms with van der Waals surface area (Å²) in [6, 6.07) is 0. The summed E-state index contributed by atoms with van der Waals surface area (Å²) in [7, 11) is 0. The standard InChI is InChI=1S/C7H11N3O2S.Na.H/c1-4(2)12-6(11)3-5-7(13)9-10-8-5;;/h4H,3H2,1-2H3,(H2,8,9,10,13);;. The Kier molecular flexibility index (Phi) is 6.43. The van der Waals surface area contributed by atoms with Gasteiger partial charge in [0.15, 0.2) is 0 Å². The predicted molar refractivity (Wildman–Crippen MR) is 55.7 cm³/mol. The molecule has 0 bridgehead atoms. The molecule has 1 N–H and O–H groups in total. The minimum atomic E-state index is -0.320. The van der Waals surface area contributed by atoms with Crippen LogP contribution in [0.1, 0.15) is 19.5 Å². The van der Waals surface area contributed by atoms with Crippen molar-refractivity contribution in [2.75, 3.05) is 0 Å². The van der Waals surface area contributed by atoms with Gasteiger partial charge in [-0.25, -0.2) is 0 Å². The topological polar surface area (TPSA) is 67.9 Å². The Bertz CT molecular complexity index is 303. The molecule has 5 nitrogen and oxygen atoms in total. The summed E-state index contributed by atoms with van der Waals surface area (Å²) < 4.78 is 4.92. The molecule has 0 amide bonds. The Labute approximate surface area is 110 Å². The van der Waals surface area contributed by atoms with Crippen molar-refractivity contribution in [3.63, 3.8) is 0 Å². The SMILES string of the molecule is CC(C)OC(=O)Cc1nn[nH]c1S.[NaH]. The molecule has 0 unspecified atom stereocenters. The normalized spacial score (nSPS) is 9.71. The predicted octanol–water partition coefficient (Wildman–Crippen LogP) is -0.0610. The maximum absolute atomic E-state index is 11.1. The van der Waals surface area contributed by atoms with E-state index in [1.165, 1.54) is 0 Å². The molecule has 0 radical (unpaired) electrons. The zero-order chi connectivity index (χ0) is 9.84. The number of hydrogen-bond donors (Lipinski definition) is 2. The Balaban J connectivity index is 0.00000169. The first-order valence-corrected chi connectivity index (χ1v) is 4.32. The average molecular weight is 225 g/mol. The van der Waals surface area contributed by atoms with Crippen molar-refractivity contribution in [3.05, 3.63) is 5.69 Å². The molecule has 0 fully saturated rings. The third-order valence-corrected chi connectivity index (χ3v) is 1.64. The average Bonchev–Trinajstić information content (AvgIpc) is 2.34. The van der Waals surface area contributed by atoms with Crippen molar-refractivity contribution in [2.45, 2.75) is 31.4 Å². The number of H-pyrrole nitrogens is 1. The van der Waals surface area contributed by atoms with E-state index in [4.69, 9.17) is 4.74 Å². The number of esters is 1. The van der Waals surface area contributed by atoms with Crippen LogP contribution in [0, 0.1) is 0 Å². The van der Waals surface area contributed by atoms with E-state index < -0.39 is 0 Å². The van der Waals surface area contributed by atoms with Crippen LogP contribution >= 0.6 is 12.6 Å². The monoisotopic (exact) mass is 225 g/mol. The first-order chi connectivity index (χ1) is 6.09. The van der Waals surface area contributed by atoms with Gasteiger partial charge in [0.25, 0.3) is 0 Å². The summed E-state index contributed by atoms with van der Waals surface area (Å²) >= 11 is 4.03. The van der Waals surface area contributed by atoms with Gasteiger partial charge in [0.1, 0.15) is 10.7 Å². The summed E-state index contributed by atoms with van der Waals surface area (Å²) in [6.45, 7) is 3.59. The quantitative estimate of drug-likeness (QED) is 0.429. The fourth-order valence-corrected chi connectivity index (χ4v) is 0.973. The first-order valence-electron chi connectivity index (χ1n) is 3.88. The Hall–Kier alpha value is -0.0400. The fourth-order valence-electron chi connectivity index (χ4n) is 0.805. The molecular weight excluding hydrogens is 213 g/mol. The van der Waals surface area contributed by atoms with Crippen molar-refractivity contribution in [1.29, 1.82) is 0 Å². The number of hydrogen-bond acceptors (Lipinski definition) is 5. The van der Waals surface area contributed by atoms with Gasteiger partial charge < -0.3 is 4.74 Å². The van der Waals surface area contributed by atoms with Crippen LogP contribution in [0.2, 0.25) is 0 Å². The summed E-state index contributed by atoms with van der Waals surface area (Å²) in [5.74, 6) is -0.320. The molecule has 14 heavy (non-hydrogen) atoms. The second-order valence-electron chi connectivity index (χ2n) is 2.82. The van der Waals surface area contributed by atoms with Gasteiger partial charge in [0.05, 0.1) is 12.5 Å². The molecule has 0 saturated heterocycles. The summed E-state index contributed by atoms with van der Waals surface area (Å²) in [5, 5.41) is 10.2. The molecule has 1 heterocycles. The van der Waals surface area contributed by atoms with Gasteiger partial charge in [-0.15, -0.1) is 17.7 Å². The Morgan fingerprint density at radius 2 is 2.29 bits per heavy atom. The van der Waals surface area contributed by atoms with Crippen LogP contribution in [-0.2, 0) is 16.0 Å². The zero-order valence-corrected chi connectivity index (χ0v) is 8.34. The van der Waals surface area contributed by atoms with Gasteiger partial charge in [-0.3, -0.25) is 9.89 Å². The number of ether oxygens (including phenoxy) is 1. The molecule has 1 aromatic heterocycles. The van der Waals surface area contributed by atoms with Crippen molar-refractivity contribution in [2.24, 2.45) is 0 Å². The number of nitrogens with one attached hydrogen (secondary N) is 1. The van der Waals surface area contributed by atoms with Crippen LogP contribution in [0.4, 0.5) is 0 Å². The summed E-state index contributed by atoms with van der Waals surface area (Å²) in [4.78, 5) is 11.1. The van der Waals surface area contributed by atoms with Crippen LogP contribution in [0.3, 0.4) is 0 Å². The van der Waals surface area contributed by atoms with Gasteiger partial charge in [-0.2, -0.15) is 0 Å². The third kappa shape index (κ3) is 4.45. The molecule has 0 aliphatic carbocycles. The van der Waals surface area contributed by atoms with E-state index in [0.717, 1.165) is 0 Å². The molecule has 0 spiro atoms. The summed E-state index contributed by atoms with van der Waals surface area (Å²) in [5.41, 5.74) is 0.508. The van der Waals surface area contributed by atoms with E-state index in [0.29, 0.717) is 10.7 Å². The Morgan fingerprint density at radius 1 is 1.64 bits per heavy atom. The van der Waals surface area contributed by atoms with E-state index in [1.807, 2.05) is 0 Å². The van der Waals surface area contributed by atoms with E-state index >= 15 is 0 Å². The van der Waals surface area contributed by atoms with Crippen LogP contribution in [0.15, 0.2) is 5.03 Å². The number of thiol groups is 1. The van der Waals surface area contributed by atoms with Crippen molar-refractivity contribution in [3.8, 4) is 0 Å². The maximum atomic E-state index is 11.1. The third-order valence-electron chi connectivity index (χ3n) is 1.28. The number of aromatic nitrogens is 3. The van der Waals surface area contributed by atoms with Gasteiger partial charge in [0, 0.05) is 0 Å². The first kappa shape index (κ1) is 14.0. The number of rotatable bonds is 3. The van der Waals surface area contributed by atoms with Crippen molar-refractivity contribution >= 4 is 48.2 Å². The number of nitrogens with zero attached hydrogens (tertiary/aromatic N) is 2. The van der Waals surface area contributed by atoms with Gasteiger partial charge in [-0.1, -0.05) is 5.21 Å². The number of carbonyl (C=O) groups excluding carboxylic acids is 1. The molecule has 0 aromatic carbocycles. The fraction of sp³-hybridized carbons (Fsp3) is 0.571. The molecule has 1 rings (SSSR count).